The van der Waals surface area contributed by atoms with E-state index in [1.54, 1.807) is 0 Å². The molecule has 3 heteroatoms. The van der Waals surface area contributed by atoms with Crippen LogP contribution in [0.3, 0.4) is 0 Å². The second-order valence-corrected chi connectivity index (χ2v) is 5.00. The van der Waals surface area contributed by atoms with E-state index in [4.69, 9.17) is 9.47 Å². The van der Waals surface area contributed by atoms with Crippen LogP contribution >= 0.6 is 0 Å². The minimum atomic E-state index is 0.676. The molecule has 1 rings (SSSR count). The summed E-state index contributed by atoms with van der Waals surface area (Å²) in [4.78, 5) is 0. The summed E-state index contributed by atoms with van der Waals surface area (Å²) in [6.45, 7) is 11.3. The molecule has 0 amide bonds. The van der Waals surface area contributed by atoms with Crippen molar-refractivity contribution in [3.63, 3.8) is 0 Å². The standard InChI is InChI=1S/C18H29NO2/c1-4-7-8-12-19-13-14-21-18-11-10-17(20-6-3)15-16(18)9-5-2/h5,10-11,15,19H,2,4,6-9,12-14H2,1,3H3. The minimum absolute atomic E-state index is 0.676. The zero-order valence-electron chi connectivity index (χ0n) is 13.5. The maximum Gasteiger partial charge on any atom is 0.123 e. The normalized spacial score (nSPS) is 10.4. The second-order valence-electron chi connectivity index (χ2n) is 5.00. The van der Waals surface area contributed by atoms with Crippen molar-refractivity contribution in [3.8, 4) is 11.5 Å². The molecule has 1 N–H and O–H groups in total. The summed E-state index contributed by atoms with van der Waals surface area (Å²) in [5.74, 6) is 1.81. The molecule has 0 aliphatic heterocycles. The first-order valence-electron chi connectivity index (χ1n) is 8.02. The molecule has 1 aromatic rings. The fraction of sp³-hybridized carbons (Fsp3) is 0.556. The molecule has 21 heavy (non-hydrogen) atoms. The average molecular weight is 291 g/mol. The number of hydrogen-bond donors (Lipinski definition) is 1. The van der Waals surface area contributed by atoms with Gasteiger partial charge in [-0.1, -0.05) is 25.8 Å². The van der Waals surface area contributed by atoms with Gasteiger partial charge in [-0.2, -0.15) is 0 Å². The lowest BCUT2D eigenvalue weighted by atomic mass is 10.1. The van der Waals surface area contributed by atoms with Crippen LogP contribution in [0.2, 0.25) is 0 Å². The van der Waals surface area contributed by atoms with E-state index in [1.165, 1.54) is 19.3 Å². The van der Waals surface area contributed by atoms with Crippen LogP contribution in [0.4, 0.5) is 0 Å². The lowest BCUT2D eigenvalue weighted by Crippen LogP contribution is -2.22. The summed E-state index contributed by atoms with van der Waals surface area (Å²) in [5, 5.41) is 3.40. The molecular formula is C18H29NO2. The van der Waals surface area contributed by atoms with Crippen LogP contribution in [0.15, 0.2) is 30.9 Å². The quantitative estimate of drug-likeness (QED) is 0.467. The van der Waals surface area contributed by atoms with Gasteiger partial charge in [0.05, 0.1) is 6.61 Å². The SMILES string of the molecule is C=CCc1cc(OCC)ccc1OCCNCCCCC. The van der Waals surface area contributed by atoms with E-state index < -0.39 is 0 Å². The largest absolute Gasteiger partial charge is 0.494 e. The molecule has 0 aromatic heterocycles. The highest BCUT2D eigenvalue weighted by atomic mass is 16.5. The van der Waals surface area contributed by atoms with Crippen molar-refractivity contribution in [3.05, 3.63) is 36.4 Å². The van der Waals surface area contributed by atoms with Gasteiger partial charge in [-0.05, 0) is 44.5 Å². The van der Waals surface area contributed by atoms with E-state index in [-0.39, 0.29) is 0 Å². The minimum Gasteiger partial charge on any atom is -0.494 e. The second kappa shape index (κ2) is 11.2. The van der Waals surface area contributed by atoms with E-state index in [0.29, 0.717) is 13.2 Å². The molecule has 0 heterocycles. The van der Waals surface area contributed by atoms with Crippen LogP contribution in [0.25, 0.3) is 0 Å². The number of hydrogen-bond acceptors (Lipinski definition) is 3. The highest BCUT2D eigenvalue weighted by Gasteiger charge is 2.05. The summed E-state index contributed by atoms with van der Waals surface area (Å²) in [5.41, 5.74) is 1.13. The van der Waals surface area contributed by atoms with Gasteiger partial charge in [0.1, 0.15) is 18.1 Å². The molecule has 0 aliphatic carbocycles. The van der Waals surface area contributed by atoms with Crippen molar-refractivity contribution in [2.75, 3.05) is 26.3 Å². The maximum atomic E-state index is 5.86. The Morgan fingerprint density at radius 3 is 2.71 bits per heavy atom. The first-order chi connectivity index (χ1) is 10.3. The monoisotopic (exact) mass is 291 g/mol. The zero-order chi connectivity index (χ0) is 15.3. The van der Waals surface area contributed by atoms with Crippen LogP contribution in [0.5, 0.6) is 11.5 Å². The van der Waals surface area contributed by atoms with E-state index in [0.717, 1.165) is 36.6 Å². The number of ether oxygens (including phenoxy) is 2. The van der Waals surface area contributed by atoms with E-state index >= 15 is 0 Å². The first kappa shape index (κ1) is 17.6. The van der Waals surface area contributed by atoms with Crippen molar-refractivity contribution in [1.82, 2.24) is 5.32 Å². The summed E-state index contributed by atoms with van der Waals surface area (Å²) in [7, 11) is 0. The Morgan fingerprint density at radius 1 is 1.14 bits per heavy atom. The van der Waals surface area contributed by atoms with Crippen molar-refractivity contribution < 1.29 is 9.47 Å². The van der Waals surface area contributed by atoms with Crippen LogP contribution in [0.1, 0.15) is 38.7 Å². The van der Waals surface area contributed by atoms with Gasteiger partial charge in [-0.25, -0.2) is 0 Å². The van der Waals surface area contributed by atoms with Gasteiger partial charge < -0.3 is 14.8 Å². The third-order valence-electron chi connectivity index (χ3n) is 3.20. The highest BCUT2D eigenvalue weighted by molar-refractivity contribution is 5.41. The van der Waals surface area contributed by atoms with Gasteiger partial charge in [0.25, 0.3) is 0 Å². The smallest absolute Gasteiger partial charge is 0.123 e. The molecule has 0 spiro atoms. The molecule has 0 saturated carbocycles. The van der Waals surface area contributed by atoms with Crippen LogP contribution in [0, 0.1) is 0 Å². The van der Waals surface area contributed by atoms with Crippen LogP contribution in [-0.4, -0.2) is 26.3 Å². The highest BCUT2D eigenvalue weighted by Crippen LogP contribution is 2.25. The molecule has 0 saturated heterocycles. The first-order valence-corrected chi connectivity index (χ1v) is 8.02. The van der Waals surface area contributed by atoms with Crippen LogP contribution < -0.4 is 14.8 Å². The van der Waals surface area contributed by atoms with Gasteiger partial charge in [-0.3, -0.25) is 0 Å². The van der Waals surface area contributed by atoms with Crippen molar-refractivity contribution in [2.45, 2.75) is 39.5 Å². The van der Waals surface area contributed by atoms with E-state index in [1.807, 2.05) is 31.2 Å². The molecule has 0 unspecified atom stereocenters. The molecular weight excluding hydrogens is 262 g/mol. The molecule has 0 atom stereocenters. The third kappa shape index (κ3) is 7.19. The van der Waals surface area contributed by atoms with E-state index in [9.17, 15) is 0 Å². The van der Waals surface area contributed by atoms with Crippen LogP contribution in [-0.2, 0) is 6.42 Å². The number of nitrogens with one attached hydrogen (secondary N) is 1. The number of allylic oxidation sites excluding steroid dienone is 1. The predicted octanol–water partition coefficient (Wildman–Crippen LogP) is 3.97. The Bertz CT molecular complexity index is 404. The fourth-order valence-corrected chi connectivity index (χ4v) is 2.13. The Hall–Kier alpha value is -1.48. The van der Waals surface area contributed by atoms with Crippen molar-refractivity contribution >= 4 is 0 Å². The number of unbranched alkanes of at least 4 members (excludes halogenated alkanes) is 2. The van der Waals surface area contributed by atoms with Gasteiger partial charge in [-0.15, -0.1) is 6.58 Å². The average Bonchev–Trinajstić information content (AvgIpc) is 2.49. The Morgan fingerprint density at radius 2 is 2.00 bits per heavy atom. The lowest BCUT2D eigenvalue weighted by molar-refractivity contribution is 0.308. The van der Waals surface area contributed by atoms with Gasteiger partial charge in [0.15, 0.2) is 0 Å². The molecule has 118 valence electrons. The van der Waals surface area contributed by atoms with Gasteiger partial charge in [0, 0.05) is 12.1 Å². The molecule has 0 aliphatic rings. The predicted molar refractivity (Wildman–Crippen MR) is 89.4 cm³/mol. The summed E-state index contributed by atoms with van der Waals surface area (Å²) in [6, 6.07) is 5.98. The summed E-state index contributed by atoms with van der Waals surface area (Å²) in [6.07, 6.45) is 6.47. The van der Waals surface area contributed by atoms with Gasteiger partial charge >= 0.3 is 0 Å². The maximum absolute atomic E-state index is 5.86. The molecule has 0 bridgehead atoms. The van der Waals surface area contributed by atoms with E-state index in [2.05, 4.69) is 18.8 Å². The number of benzene rings is 1. The molecule has 0 radical (unpaired) electrons. The fourth-order valence-electron chi connectivity index (χ4n) is 2.13. The summed E-state index contributed by atoms with van der Waals surface area (Å²) < 4.78 is 11.4. The molecule has 1 aromatic carbocycles. The zero-order valence-corrected chi connectivity index (χ0v) is 13.5. The Labute approximate surface area is 129 Å². The molecule has 3 nitrogen and oxygen atoms in total. The Kier molecular flexibility index (Phi) is 9.38. The Balaban J connectivity index is 2.40. The number of rotatable bonds is 12. The topological polar surface area (TPSA) is 30.5 Å². The lowest BCUT2D eigenvalue weighted by Gasteiger charge is -2.13. The molecule has 0 fully saturated rings. The van der Waals surface area contributed by atoms with Crippen molar-refractivity contribution in [1.29, 1.82) is 0 Å². The third-order valence-corrected chi connectivity index (χ3v) is 3.20. The summed E-state index contributed by atoms with van der Waals surface area (Å²) >= 11 is 0. The van der Waals surface area contributed by atoms with Gasteiger partial charge in [0.2, 0.25) is 0 Å². The van der Waals surface area contributed by atoms with Crippen molar-refractivity contribution in [2.24, 2.45) is 0 Å².